The number of carboxylic acids is 1. The molecule has 18 heavy (non-hydrogen) atoms. The summed E-state index contributed by atoms with van der Waals surface area (Å²) < 4.78 is 24.8. The number of nitrogens with one attached hydrogen (secondary N) is 1. The van der Waals surface area contributed by atoms with Gasteiger partial charge in [-0.2, -0.15) is 0 Å². The van der Waals surface area contributed by atoms with Gasteiger partial charge in [-0.05, 0) is 25.1 Å². The second kappa shape index (κ2) is 5.36. The number of carboxylic acid groups (broad SMARTS) is 1. The van der Waals surface area contributed by atoms with Gasteiger partial charge in [-0.3, -0.25) is 0 Å². The van der Waals surface area contributed by atoms with Gasteiger partial charge in [0.15, 0.2) is 0 Å². The van der Waals surface area contributed by atoms with Gasteiger partial charge in [0.1, 0.15) is 0 Å². The quantitative estimate of drug-likeness (QED) is 0.837. The molecule has 0 spiro atoms. The average molecular weight is 272 g/mol. The first-order valence-electron chi connectivity index (χ1n) is 5.34. The summed E-state index contributed by atoms with van der Waals surface area (Å²) in [7, 11) is -0.829. The van der Waals surface area contributed by atoms with E-state index >= 15 is 0 Å². The molecule has 0 saturated carbocycles. The van der Waals surface area contributed by atoms with Gasteiger partial charge >= 0.3 is 5.97 Å². The highest BCUT2D eigenvalue weighted by Gasteiger charge is 2.20. The largest absolute Gasteiger partial charge is 0.478 e. The predicted molar refractivity (Wildman–Crippen MR) is 68.4 cm³/mol. The van der Waals surface area contributed by atoms with Crippen molar-refractivity contribution in [3.8, 4) is 0 Å². The topological polar surface area (TPSA) is 86.7 Å². The summed E-state index contributed by atoms with van der Waals surface area (Å²) in [6.45, 7) is 2.39. The Balaban J connectivity index is 3.36. The van der Waals surface area contributed by atoms with Crippen LogP contribution in [0.3, 0.4) is 0 Å². The fourth-order valence-corrected chi connectivity index (χ4v) is 2.34. The van der Waals surface area contributed by atoms with E-state index in [0.717, 1.165) is 10.4 Å². The lowest BCUT2D eigenvalue weighted by Gasteiger charge is -2.13. The summed E-state index contributed by atoms with van der Waals surface area (Å²) in [6, 6.07) is 4.01. The highest BCUT2D eigenvalue weighted by Crippen LogP contribution is 2.22. The van der Waals surface area contributed by atoms with Gasteiger partial charge in [0, 0.05) is 26.3 Å². The number of hydrogen-bond donors (Lipinski definition) is 2. The Kier molecular flexibility index (Phi) is 4.31. The number of anilines is 1. The maximum absolute atomic E-state index is 11.9. The number of rotatable bonds is 5. The molecular formula is C11H16N2O4S. The van der Waals surface area contributed by atoms with Crippen LogP contribution in [0, 0.1) is 0 Å². The highest BCUT2D eigenvalue weighted by molar-refractivity contribution is 7.89. The van der Waals surface area contributed by atoms with E-state index in [1.54, 1.807) is 0 Å². The minimum absolute atomic E-state index is 0.0356. The van der Waals surface area contributed by atoms with Crippen LogP contribution in [-0.2, 0) is 10.0 Å². The van der Waals surface area contributed by atoms with Crippen LogP contribution in [0.2, 0.25) is 0 Å². The zero-order chi connectivity index (χ0) is 13.9. The van der Waals surface area contributed by atoms with Crippen LogP contribution in [0.4, 0.5) is 5.69 Å². The van der Waals surface area contributed by atoms with Gasteiger partial charge in [0.2, 0.25) is 10.0 Å². The Morgan fingerprint density at radius 3 is 2.44 bits per heavy atom. The fourth-order valence-electron chi connectivity index (χ4n) is 1.42. The van der Waals surface area contributed by atoms with Gasteiger partial charge in [-0.15, -0.1) is 0 Å². The predicted octanol–water partition coefficient (Wildman–Crippen LogP) is 1.07. The minimum atomic E-state index is -3.62. The molecule has 0 heterocycles. The van der Waals surface area contributed by atoms with Gasteiger partial charge in [-0.25, -0.2) is 17.5 Å². The van der Waals surface area contributed by atoms with Crippen molar-refractivity contribution in [1.29, 1.82) is 0 Å². The van der Waals surface area contributed by atoms with Crippen LogP contribution in [0.5, 0.6) is 0 Å². The molecule has 0 bridgehead atoms. The van der Waals surface area contributed by atoms with Crippen LogP contribution >= 0.6 is 0 Å². The van der Waals surface area contributed by atoms with E-state index in [-0.39, 0.29) is 10.5 Å². The molecule has 0 aliphatic rings. The Morgan fingerprint density at radius 2 is 2.00 bits per heavy atom. The molecule has 1 rings (SSSR count). The zero-order valence-corrected chi connectivity index (χ0v) is 11.3. The molecule has 0 amide bonds. The lowest BCUT2D eigenvalue weighted by Crippen LogP contribution is -2.22. The molecule has 100 valence electrons. The average Bonchev–Trinajstić information content (AvgIpc) is 2.29. The third kappa shape index (κ3) is 2.80. The molecule has 1 aromatic rings. The maximum atomic E-state index is 11.9. The van der Waals surface area contributed by atoms with Crippen LogP contribution < -0.4 is 5.32 Å². The molecule has 1 aromatic carbocycles. The molecule has 0 fully saturated rings. The van der Waals surface area contributed by atoms with Gasteiger partial charge in [0.05, 0.1) is 10.5 Å². The van der Waals surface area contributed by atoms with Crippen molar-refractivity contribution in [3.63, 3.8) is 0 Å². The highest BCUT2D eigenvalue weighted by atomic mass is 32.2. The SMILES string of the molecule is CCNc1ccc(S(=O)(=O)N(C)C)cc1C(=O)O. The first kappa shape index (κ1) is 14.5. The number of hydrogen-bond acceptors (Lipinski definition) is 4. The zero-order valence-electron chi connectivity index (χ0n) is 10.5. The van der Waals surface area contributed by atoms with Gasteiger partial charge in [0.25, 0.3) is 0 Å². The first-order chi connectivity index (χ1) is 8.30. The second-order valence-electron chi connectivity index (χ2n) is 3.83. The Bertz CT molecular complexity index is 552. The van der Waals surface area contributed by atoms with E-state index in [1.807, 2.05) is 6.92 Å². The molecule has 0 unspecified atom stereocenters. The molecule has 0 aliphatic carbocycles. The van der Waals surface area contributed by atoms with Crippen molar-refractivity contribution in [2.24, 2.45) is 0 Å². The summed E-state index contributed by atoms with van der Waals surface area (Å²) in [5.41, 5.74) is 0.350. The van der Waals surface area contributed by atoms with Crippen LogP contribution in [0.25, 0.3) is 0 Å². The Morgan fingerprint density at radius 1 is 1.39 bits per heavy atom. The van der Waals surface area contributed by atoms with E-state index in [9.17, 15) is 13.2 Å². The number of carbonyl (C=O) groups is 1. The lowest BCUT2D eigenvalue weighted by atomic mass is 10.2. The van der Waals surface area contributed by atoms with E-state index in [0.29, 0.717) is 12.2 Å². The van der Waals surface area contributed by atoms with Crippen molar-refractivity contribution in [2.45, 2.75) is 11.8 Å². The number of nitrogens with zero attached hydrogens (tertiary/aromatic N) is 1. The van der Waals surface area contributed by atoms with Crippen molar-refractivity contribution in [2.75, 3.05) is 26.0 Å². The van der Waals surface area contributed by atoms with Gasteiger partial charge in [-0.1, -0.05) is 0 Å². The lowest BCUT2D eigenvalue weighted by molar-refractivity contribution is 0.0697. The normalized spacial score (nSPS) is 11.6. The summed E-state index contributed by atoms with van der Waals surface area (Å²) in [6.07, 6.45) is 0. The third-order valence-corrected chi connectivity index (χ3v) is 4.18. The molecule has 0 aliphatic heterocycles. The van der Waals surface area contributed by atoms with Crippen LogP contribution in [0.15, 0.2) is 23.1 Å². The minimum Gasteiger partial charge on any atom is -0.478 e. The molecule has 7 heteroatoms. The van der Waals surface area contributed by atoms with Crippen LogP contribution in [0.1, 0.15) is 17.3 Å². The van der Waals surface area contributed by atoms with Crippen molar-refractivity contribution in [1.82, 2.24) is 4.31 Å². The van der Waals surface area contributed by atoms with Gasteiger partial charge < -0.3 is 10.4 Å². The van der Waals surface area contributed by atoms with E-state index < -0.39 is 16.0 Å². The maximum Gasteiger partial charge on any atom is 0.337 e. The monoisotopic (exact) mass is 272 g/mol. The Labute approximate surface area is 106 Å². The fraction of sp³-hybridized carbons (Fsp3) is 0.364. The number of aromatic carboxylic acids is 1. The van der Waals surface area contributed by atoms with E-state index in [2.05, 4.69) is 5.32 Å². The molecule has 0 saturated heterocycles. The third-order valence-electron chi connectivity index (χ3n) is 2.37. The molecule has 2 N–H and O–H groups in total. The summed E-state index contributed by atoms with van der Waals surface area (Å²) in [4.78, 5) is 11.1. The van der Waals surface area contributed by atoms with Crippen molar-refractivity contribution < 1.29 is 18.3 Å². The number of benzene rings is 1. The standard InChI is InChI=1S/C11H16N2O4S/c1-4-12-10-6-5-8(7-9(10)11(14)15)18(16,17)13(2)3/h5-7,12H,4H2,1-3H3,(H,14,15). The summed E-state index contributed by atoms with van der Waals surface area (Å²) in [5, 5.41) is 11.9. The van der Waals surface area contributed by atoms with Crippen LogP contribution in [-0.4, -0.2) is 44.4 Å². The first-order valence-corrected chi connectivity index (χ1v) is 6.78. The second-order valence-corrected chi connectivity index (χ2v) is 5.98. The summed E-state index contributed by atoms with van der Waals surface area (Å²) in [5.74, 6) is -1.17. The van der Waals surface area contributed by atoms with Crippen molar-refractivity contribution >= 4 is 21.7 Å². The Hall–Kier alpha value is -1.60. The molecule has 6 nitrogen and oxygen atoms in total. The van der Waals surface area contributed by atoms with E-state index in [1.165, 1.54) is 26.2 Å². The number of sulfonamides is 1. The molecular weight excluding hydrogens is 256 g/mol. The molecule has 0 atom stereocenters. The van der Waals surface area contributed by atoms with Crippen molar-refractivity contribution in [3.05, 3.63) is 23.8 Å². The molecule has 0 aromatic heterocycles. The smallest absolute Gasteiger partial charge is 0.337 e. The van der Waals surface area contributed by atoms with E-state index in [4.69, 9.17) is 5.11 Å². The molecule has 0 radical (unpaired) electrons. The summed E-state index contributed by atoms with van der Waals surface area (Å²) >= 11 is 0.